The van der Waals surface area contributed by atoms with E-state index in [0.717, 1.165) is 6.54 Å². The van der Waals surface area contributed by atoms with Gasteiger partial charge in [-0.15, -0.1) is 0 Å². The largest absolute Gasteiger partial charge is 0.478 e. The molecule has 1 aromatic rings. The molecule has 0 unspecified atom stereocenters. The van der Waals surface area contributed by atoms with Gasteiger partial charge in [-0.2, -0.15) is 0 Å². The van der Waals surface area contributed by atoms with Gasteiger partial charge in [0, 0.05) is 12.1 Å². The van der Waals surface area contributed by atoms with Crippen molar-refractivity contribution in [3.05, 3.63) is 47.0 Å². The number of hydrogen-bond donors (Lipinski definition) is 2. The van der Waals surface area contributed by atoms with Gasteiger partial charge in [-0.3, -0.25) is 0 Å². The normalized spacial score (nSPS) is 10.2. The van der Waals surface area contributed by atoms with E-state index in [0.29, 0.717) is 13.0 Å². The van der Waals surface area contributed by atoms with Crippen molar-refractivity contribution in [3.63, 3.8) is 0 Å². The Balaban J connectivity index is 2.36. The van der Waals surface area contributed by atoms with Gasteiger partial charge in [0.25, 0.3) is 0 Å². The molecule has 3 heteroatoms. The third-order valence-electron chi connectivity index (χ3n) is 2.52. The average molecular weight is 233 g/mol. The minimum Gasteiger partial charge on any atom is -0.478 e. The van der Waals surface area contributed by atoms with E-state index in [1.807, 2.05) is 0 Å². The van der Waals surface area contributed by atoms with Gasteiger partial charge in [-0.05, 0) is 32.4 Å². The second kappa shape index (κ2) is 6.21. The zero-order valence-corrected chi connectivity index (χ0v) is 10.4. The Morgan fingerprint density at radius 3 is 2.41 bits per heavy atom. The lowest BCUT2D eigenvalue weighted by molar-refractivity contribution is -0.132. The van der Waals surface area contributed by atoms with Crippen molar-refractivity contribution in [1.82, 2.24) is 5.32 Å². The monoisotopic (exact) mass is 233 g/mol. The quantitative estimate of drug-likeness (QED) is 0.586. The summed E-state index contributed by atoms with van der Waals surface area (Å²) < 4.78 is 0. The van der Waals surface area contributed by atoms with E-state index >= 15 is 0 Å². The molecule has 0 spiro atoms. The fraction of sp³-hybridized carbons (Fsp3) is 0.357. The lowest BCUT2D eigenvalue weighted by Crippen LogP contribution is -2.16. The maximum Gasteiger partial charge on any atom is 0.330 e. The molecule has 3 nitrogen and oxygen atoms in total. The van der Waals surface area contributed by atoms with Gasteiger partial charge in [-0.25, -0.2) is 4.79 Å². The number of benzene rings is 1. The third kappa shape index (κ3) is 4.83. The lowest BCUT2D eigenvalue weighted by atomic mass is 10.1. The van der Waals surface area contributed by atoms with Crippen LogP contribution in [0.2, 0.25) is 0 Å². The molecule has 1 rings (SSSR count). The van der Waals surface area contributed by atoms with Crippen LogP contribution in [0.25, 0.3) is 0 Å². The summed E-state index contributed by atoms with van der Waals surface area (Å²) in [6.45, 7) is 9.03. The van der Waals surface area contributed by atoms with Gasteiger partial charge in [0.05, 0.1) is 0 Å². The highest BCUT2D eigenvalue weighted by molar-refractivity contribution is 5.85. The summed E-state index contributed by atoms with van der Waals surface area (Å²) in [4.78, 5) is 10.5. The Labute approximate surface area is 102 Å². The van der Waals surface area contributed by atoms with Crippen LogP contribution in [0.3, 0.4) is 0 Å². The average Bonchev–Trinajstić information content (AvgIpc) is 2.22. The van der Waals surface area contributed by atoms with E-state index in [2.05, 4.69) is 43.9 Å². The number of aryl methyl sites for hydroxylation is 2. The highest BCUT2D eigenvalue weighted by atomic mass is 16.4. The molecule has 92 valence electrons. The first-order valence-corrected chi connectivity index (χ1v) is 5.68. The van der Waals surface area contributed by atoms with Crippen molar-refractivity contribution in [3.8, 4) is 0 Å². The van der Waals surface area contributed by atoms with Gasteiger partial charge >= 0.3 is 5.97 Å². The maximum absolute atomic E-state index is 10.5. The van der Waals surface area contributed by atoms with Crippen LogP contribution in [0.5, 0.6) is 0 Å². The second-order valence-electron chi connectivity index (χ2n) is 4.33. The fourth-order valence-electron chi connectivity index (χ4n) is 1.75. The van der Waals surface area contributed by atoms with Crippen molar-refractivity contribution in [2.45, 2.75) is 26.8 Å². The Hall–Kier alpha value is -1.61. The summed E-state index contributed by atoms with van der Waals surface area (Å²) in [5.41, 5.74) is 3.97. The van der Waals surface area contributed by atoms with E-state index in [1.54, 1.807) is 0 Å². The van der Waals surface area contributed by atoms with Crippen molar-refractivity contribution in [1.29, 1.82) is 0 Å². The summed E-state index contributed by atoms with van der Waals surface area (Å²) in [5, 5.41) is 11.9. The molecule has 0 atom stereocenters. The molecule has 0 amide bonds. The van der Waals surface area contributed by atoms with Crippen LogP contribution < -0.4 is 5.32 Å². The van der Waals surface area contributed by atoms with E-state index in [4.69, 9.17) is 5.11 Å². The first kappa shape index (κ1) is 13.5. The van der Waals surface area contributed by atoms with Crippen LogP contribution in [-0.2, 0) is 11.3 Å². The van der Waals surface area contributed by atoms with Gasteiger partial charge in [0.1, 0.15) is 0 Å². The molecule has 1 aromatic carbocycles. The van der Waals surface area contributed by atoms with Gasteiger partial charge < -0.3 is 10.4 Å². The van der Waals surface area contributed by atoms with Crippen LogP contribution in [0.15, 0.2) is 30.4 Å². The molecular formula is C14H19NO2. The van der Waals surface area contributed by atoms with E-state index in [9.17, 15) is 4.79 Å². The lowest BCUT2D eigenvalue weighted by Gasteiger charge is -2.07. The molecular weight excluding hydrogens is 214 g/mol. The third-order valence-corrected chi connectivity index (χ3v) is 2.52. The number of rotatable bonds is 6. The summed E-state index contributed by atoms with van der Waals surface area (Å²) >= 11 is 0. The minimum atomic E-state index is -0.918. The topological polar surface area (TPSA) is 49.3 Å². The molecule has 0 bridgehead atoms. The van der Waals surface area contributed by atoms with Crippen LogP contribution in [-0.4, -0.2) is 17.6 Å². The number of carboxylic acid groups (broad SMARTS) is 1. The van der Waals surface area contributed by atoms with Crippen LogP contribution in [0.4, 0.5) is 0 Å². The fourth-order valence-corrected chi connectivity index (χ4v) is 1.75. The molecule has 0 saturated carbocycles. The van der Waals surface area contributed by atoms with E-state index < -0.39 is 5.97 Å². The summed E-state index contributed by atoms with van der Waals surface area (Å²) in [7, 11) is 0. The highest BCUT2D eigenvalue weighted by Gasteiger charge is 2.02. The predicted molar refractivity (Wildman–Crippen MR) is 69.0 cm³/mol. The Bertz CT molecular complexity index is 404. The van der Waals surface area contributed by atoms with Crippen LogP contribution in [0, 0.1) is 13.8 Å². The van der Waals surface area contributed by atoms with E-state index in [-0.39, 0.29) is 5.57 Å². The maximum atomic E-state index is 10.5. The van der Waals surface area contributed by atoms with Crippen molar-refractivity contribution < 1.29 is 9.90 Å². The van der Waals surface area contributed by atoms with Crippen LogP contribution >= 0.6 is 0 Å². The van der Waals surface area contributed by atoms with Gasteiger partial charge in [0.15, 0.2) is 0 Å². The van der Waals surface area contributed by atoms with Crippen molar-refractivity contribution >= 4 is 5.97 Å². The zero-order chi connectivity index (χ0) is 12.8. The molecule has 2 N–H and O–H groups in total. The molecule has 0 aliphatic heterocycles. The first-order chi connectivity index (χ1) is 7.99. The Morgan fingerprint density at radius 1 is 1.29 bits per heavy atom. The second-order valence-corrected chi connectivity index (χ2v) is 4.33. The highest BCUT2D eigenvalue weighted by Crippen LogP contribution is 2.08. The van der Waals surface area contributed by atoms with Gasteiger partial charge in [-0.1, -0.05) is 35.9 Å². The molecule has 0 aliphatic carbocycles. The number of aliphatic carboxylic acids is 1. The summed E-state index contributed by atoms with van der Waals surface area (Å²) in [6, 6.07) is 6.40. The van der Waals surface area contributed by atoms with Gasteiger partial charge in [0.2, 0.25) is 0 Å². The number of hydrogen-bond acceptors (Lipinski definition) is 2. The zero-order valence-electron chi connectivity index (χ0n) is 10.4. The number of nitrogens with one attached hydrogen (secondary N) is 1. The Kier molecular flexibility index (Phi) is 4.91. The smallest absolute Gasteiger partial charge is 0.330 e. The molecule has 0 fully saturated rings. The minimum absolute atomic E-state index is 0.248. The molecule has 0 radical (unpaired) electrons. The van der Waals surface area contributed by atoms with Crippen molar-refractivity contribution in [2.75, 3.05) is 6.54 Å². The molecule has 17 heavy (non-hydrogen) atoms. The molecule has 0 saturated heterocycles. The standard InChI is InChI=1S/C14H19NO2/c1-10-6-11(2)8-13(7-10)9-15-5-4-12(3)14(16)17/h6-8,15H,3-5,9H2,1-2H3,(H,16,17). The first-order valence-electron chi connectivity index (χ1n) is 5.68. The summed E-state index contributed by atoms with van der Waals surface area (Å²) in [5.74, 6) is -0.918. The summed E-state index contributed by atoms with van der Waals surface area (Å²) in [6.07, 6.45) is 0.472. The Morgan fingerprint density at radius 2 is 1.88 bits per heavy atom. The van der Waals surface area contributed by atoms with Crippen molar-refractivity contribution in [2.24, 2.45) is 0 Å². The predicted octanol–water partition coefficient (Wildman–Crippen LogP) is 2.42. The SMILES string of the molecule is C=C(CCNCc1cc(C)cc(C)c1)C(=O)O. The van der Waals surface area contributed by atoms with Crippen LogP contribution in [0.1, 0.15) is 23.1 Å². The number of carbonyl (C=O) groups is 1. The molecule has 0 aromatic heterocycles. The molecule has 0 aliphatic rings. The number of carboxylic acids is 1. The van der Waals surface area contributed by atoms with E-state index in [1.165, 1.54) is 16.7 Å². The molecule has 0 heterocycles.